The summed E-state index contributed by atoms with van der Waals surface area (Å²) in [5.41, 5.74) is 1.77. The van der Waals surface area contributed by atoms with Crippen molar-refractivity contribution >= 4 is 11.2 Å². The Kier molecular flexibility index (Phi) is 10.1. The van der Waals surface area contributed by atoms with E-state index >= 15 is 0 Å². The Balaban J connectivity index is 1.22. The topological polar surface area (TPSA) is 111 Å². The van der Waals surface area contributed by atoms with Crippen LogP contribution in [0.2, 0.25) is 0 Å². The number of rotatable bonds is 12. The number of hydrogen-bond donors (Lipinski definition) is 2. The third-order valence-electron chi connectivity index (χ3n) is 10.8. The van der Waals surface area contributed by atoms with Crippen molar-refractivity contribution in [2.75, 3.05) is 6.61 Å². The average molecular weight is 771 g/mol. The lowest BCUT2D eigenvalue weighted by Crippen LogP contribution is -2.46. The molecule has 6 aromatic carbocycles. The lowest BCUT2D eigenvalue weighted by molar-refractivity contribution is -0.131. The number of H-pyrrole nitrogens is 1. The smallest absolute Gasteiger partial charge is 0.291 e. The fraction of sp³-hybridized carbons (Fsp3) is 0.146. The largest absolute Gasteiger partial charge is 0.386 e. The van der Waals surface area contributed by atoms with Gasteiger partial charge < -0.3 is 19.3 Å². The van der Waals surface area contributed by atoms with Gasteiger partial charge in [-0.1, -0.05) is 182 Å². The van der Waals surface area contributed by atoms with Gasteiger partial charge in [0.15, 0.2) is 17.4 Å². The molecule has 8 aromatic rings. The Morgan fingerprint density at radius 1 is 0.638 bits per heavy atom. The molecule has 1 fully saturated rings. The predicted molar refractivity (Wildman–Crippen MR) is 217 cm³/mol. The minimum Gasteiger partial charge on any atom is -0.386 e. The van der Waals surface area contributed by atoms with Gasteiger partial charge in [-0.25, -0.2) is 4.98 Å². The molecule has 288 valence electrons. The molecule has 10 heteroatoms. The van der Waals surface area contributed by atoms with Gasteiger partial charge in [0.2, 0.25) is 0 Å². The van der Waals surface area contributed by atoms with E-state index in [0.717, 1.165) is 33.4 Å². The summed E-state index contributed by atoms with van der Waals surface area (Å²) in [5.74, 6) is 0. The van der Waals surface area contributed by atoms with Crippen LogP contribution in [-0.4, -0.2) is 49.5 Å². The predicted octanol–water partition coefficient (Wildman–Crippen LogP) is 7.90. The Bertz CT molecular complexity index is 2450. The summed E-state index contributed by atoms with van der Waals surface area (Å²) in [6.07, 6.45) is -4.41. The van der Waals surface area contributed by atoms with Gasteiger partial charge in [-0.3, -0.25) is 14.3 Å². The highest BCUT2D eigenvalue weighted by molar-refractivity contribution is 5.69. The van der Waals surface area contributed by atoms with Crippen LogP contribution in [0.3, 0.4) is 0 Å². The minimum atomic E-state index is -1.40. The highest BCUT2D eigenvalue weighted by Gasteiger charge is 2.52. The van der Waals surface area contributed by atoms with Crippen LogP contribution in [0.25, 0.3) is 11.2 Å². The first-order valence-corrected chi connectivity index (χ1v) is 19.1. The molecule has 9 nitrogen and oxygen atoms in total. The highest BCUT2D eigenvalue weighted by atomic mass is 19.1. The summed E-state index contributed by atoms with van der Waals surface area (Å²) in [5, 5.41) is 12.6. The molecule has 0 bridgehead atoms. The van der Waals surface area contributed by atoms with Gasteiger partial charge >= 0.3 is 0 Å². The third kappa shape index (κ3) is 6.52. The van der Waals surface area contributed by atoms with Gasteiger partial charge in [0, 0.05) is 0 Å². The lowest BCUT2D eigenvalue weighted by atomic mass is 9.79. The van der Waals surface area contributed by atoms with Gasteiger partial charge in [-0.05, 0) is 33.4 Å². The van der Waals surface area contributed by atoms with Crippen LogP contribution in [0.5, 0.6) is 0 Å². The number of aromatic nitrogens is 4. The maximum atomic E-state index is 14.7. The fourth-order valence-corrected chi connectivity index (χ4v) is 8.22. The molecule has 2 aromatic heterocycles. The summed E-state index contributed by atoms with van der Waals surface area (Å²) in [6, 6.07) is 59.4. The second-order valence-electron chi connectivity index (χ2n) is 14.2. The second-order valence-corrected chi connectivity index (χ2v) is 14.2. The Morgan fingerprint density at radius 3 is 1.45 bits per heavy atom. The molecular formula is C48H39FN4O5. The van der Waals surface area contributed by atoms with Gasteiger partial charge in [-0.15, -0.1) is 0 Å². The Labute approximate surface area is 334 Å². The average Bonchev–Trinajstić information content (AvgIpc) is 3.84. The molecular weight excluding hydrogens is 732 g/mol. The summed E-state index contributed by atoms with van der Waals surface area (Å²) in [7, 11) is 0. The molecule has 0 radical (unpaired) electrons. The number of benzene rings is 6. The van der Waals surface area contributed by atoms with Crippen LogP contribution < -0.4 is 5.56 Å². The molecule has 1 saturated heterocycles. The maximum absolute atomic E-state index is 14.7. The first kappa shape index (κ1) is 37.0. The number of nitrogens with zero attached hydrogens (tertiary/aromatic N) is 3. The van der Waals surface area contributed by atoms with Crippen molar-refractivity contribution in [3.8, 4) is 0 Å². The van der Waals surface area contributed by atoms with E-state index < -0.39 is 47.4 Å². The maximum Gasteiger partial charge on any atom is 0.291 e. The van der Waals surface area contributed by atoms with Crippen molar-refractivity contribution in [2.45, 2.75) is 35.7 Å². The number of aromatic amines is 1. The van der Waals surface area contributed by atoms with Crippen LogP contribution in [-0.2, 0) is 25.4 Å². The zero-order chi connectivity index (χ0) is 39.5. The monoisotopic (exact) mass is 770 g/mol. The number of fused-ring (bicyclic) bond motifs is 1. The van der Waals surface area contributed by atoms with Crippen molar-refractivity contribution in [2.24, 2.45) is 0 Å². The summed E-state index contributed by atoms with van der Waals surface area (Å²) >= 11 is 0. The van der Waals surface area contributed by atoms with E-state index in [1.165, 1.54) is 10.9 Å². The van der Waals surface area contributed by atoms with E-state index in [1.54, 1.807) is 0 Å². The van der Waals surface area contributed by atoms with Crippen LogP contribution in [0.4, 0.5) is 4.39 Å². The molecule has 58 heavy (non-hydrogen) atoms. The number of aliphatic hydroxyl groups excluding tert-OH is 1. The highest BCUT2D eigenvalue weighted by Crippen LogP contribution is 2.47. The third-order valence-corrected chi connectivity index (χ3v) is 10.8. The SMILES string of the molecule is O=c1[nH]c(F)nc2c1ncn2[C@@H]1O[C@H](COC(c2ccccc2)(c2ccccc2)c2ccccc2)[C@@H](OC(c2ccccc2)(c2ccccc2)c2ccccc2)[C@H]1O. The molecule has 3 heterocycles. The summed E-state index contributed by atoms with van der Waals surface area (Å²) < 4.78 is 37.7. The first-order chi connectivity index (χ1) is 28.5. The van der Waals surface area contributed by atoms with Crippen molar-refractivity contribution in [1.29, 1.82) is 0 Å². The van der Waals surface area contributed by atoms with Crippen molar-refractivity contribution in [1.82, 2.24) is 19.5 Å². The van der Waals surface area contributed by atoms with Crippen LogP contribution in [0.15, 0.2) is 193 Å². The van der Waals surface area contributed by atoms with Gasteiger partial charge in [-0.2, -0.15) is 9.37 Å². The Hall–Kier alpha value is -6.56. The standard InChI is InChI=1S/C48H39FN4O5/c49-46-51-43-40(44(55)52-46)50-32-53(43)45-41(54)42(58-48(36-25-13-4-14-26-36,37-27-15-5-16-28-37)38-29-17-6-18-30-38)39(57-45)31-56-47(33-19-7-1-8-20-33,34-21-9-2-10-22-34)35-23-11-3-12-24-35/h1-30,32,39,41-42,45,54H,31H2,(H,51,52,55)/t39-,41-,42-,45-/m1/s1. The molecule has 1 aliphatic heterocycles. The minimum absolute atomic E-state index is 0.0830. The molecule has 1 aliphatic rings. The van der Waals surface area contributed by atoms with Gasteiger partial charge in [0.25, 0.3) is 11.6 Å². The zero-order valence-electron chi connectivity index (χ0n) is 31.2. The number of ether oxygens (including phenoxy) is 3. The molecule has 0 spiro atoms. The normalized spacial score (nSPS) is 18.4. The summed E-state index contributed by atoms with van der Waals surface area (Å²) in [6.45, 7) is -0.0830. The zero-order valence-corrected chi connectivity index (χ0v) is 31.2. The van der Waals surface area contributed by atoms with E-state index in [1.807, 2.05) is 182 Å². The molecule has 9 rings (SSSR count). The molecule has 0 aliphatic carbocycles. The molecule has 2 N–H and O–H groups in total. The summed E-state index contributed by atoms with van der Waals surface area (Å²) in [4.78, 5) is 23.0. The number of imidazole rings is 1. The Morgan fingerprint density at radius 2 is 1.03 bits per heavy atom. The van der Waals surface area contributed by atoms with Crippen LogP contribution >= 0.6 is 0 Å². The molecule has 4 atom stereocenters. The lowest BCUT2D eigenvalue weighted by Gasteiger charge is -2.41. The van der Waals surface area contributed by atoms with E-state index in [2.05, 4.69) is 15.0 Å². The molecule has 0 unspecified atom stereocenters. The molecule has 0 saturated carbocycles. The van der Waals surface area contributed by atoms with Crippen LogP contribution in [0.1, 0.15) is 39.6 Å². The van der Waals surface area contributed by atoms with Gasteiger partial charge in [0.05, 0.1) is 12.9 Å². The van der Waals surface area contributed by atoms with E-state index in [0.29, 0.717) is 0 Å². The molecule has 0 amide bonds. The number of aliphatic hydroxyl groups is 1. The van der Waals surface area contributed by atoms with Crippen LogP contribution in [0, 0.1) is 6.08 Å². The van der Waals surface area contributed by atoms with E-state index in [9.17, 15) is 14.3 Å². The first-order valence-electron chi connectivity index (χ1n) is 19.1. The second kappa shape index (κ2) is 15.8. The van der Waals surface area contributed by atoms with E-state index in [-0.39, 0.29) is 17.8 Å². The quantitative estimate of drug-likeness (QED) is 0.0960. The fourth-order valence-electron chi connectivity index (χ4n) is 8.22. The van der Waals surface area contributed by atoms with Crippen molar-refractivity contribution < 1.29 is 23.7 Å². The van der Waals surface area contributed by atoms with Crippen molar-refractivity contribution in [3.05, 3.63) is 238 Å². The van der Waals surface area contributed by atoms with Crippen molar-refractivity contribution in [3.63, 3.8) is 0 Å². The van der Waals surface area contributed by atoms with Gasteiger partial charge in [0.1, 0.15) is 29.5 Å². The number of halogens is 1. The van der Waals surface area contributed by atoms with E-state index in [4.69, 9.17) is 14.2 Å². The number of hydrogen-bond acceptors (Lipinski definition) is 7. The number of nitrogens with one attached hydrogen (secondary N) is 1.